The second kappa shape index (κ2) is 7.79. The maximum atomic E-state index is 12.3. The number of aromatic nitrogens is 4. The third kappa shape index (κ3) is 3.80. The molecule has 1 N–H and O–H groups in total. The lowest BCUT2D eigenvalue weighted by Gasteiger charge is -2.18. The molecule has 0 amide bonds. The predicted molar refractivity (Wildman–Crippen MR) is 115 cm³/mol. The number of H-pyrrole nitrogens is 1. The van der Waals surface area contributed by atoms with Gasteiger partial charge in [0.2, 0.25) is 0 Å². The van der Waals surface area contributed by atoms with Crippen LogP contribution in [-0.4, -0.2) is 19.5 Å². The van der Waals surface area contributed by atoms with Crippen LogP contribution in [0.4, 0.5) is 0 Å². The van der Waals surface area contributed by atoms with Crippen LogP contribution < -0.4 is 11.2 Å². The molecule has 148 valence electrons. The van der Waals surface area contributed by atoms with Crippen molar-refractivity contribution in [2.45, 2.75) is 39.7 Å². The molecule has 0 fully saturated rings. The maximum Gasteiger partial charge on any atom is 0.349 e. The standard InChI is InChI=1S/C22H21ClN4O2/c1-3-15-12-18-17(11-13(15)2)24-19-20(25-22(29)26-21(19)28)27(18)10-4-5-14-6-8-16(23)9-7-14/h6-9,11-12H,3-5,10H2,1-2H3,(H,26,28,29). The van der Waals surface area contributed by atoms with Gasteiger partial charge in [-0.05, 0) is 67.1 Å². The van der Waals surface area contributed by atoms with E-state index in [0.29, 0.717) is 17.4 Å². The molecule has 29 heavy (non-hydrogen) atoms. The summed E-state index contributed by atoms with van der Waals surface area (Å²) in [5.74, 6) is 0.327. The molecule has 0 radical (unpaired) electrons. The molecule has 6 nitrogen and oxygen atoms in total. The summed E-state index contributed by atoms with van der Waals surface area (Å²) in [5.41, 5.74) is 4.15. The molecule has 2 aliphatic heterocycles. The molecule has 0 bridgehead atoms. The highest BCUT2D eigenvalue weighted by molar-refractivity contribution is 6.30. The van der Waals surface area contributed by atoms with E-state index in [4.69, 9.17) is 11.6 Å². The first-order valence-corrected chi connectivity index (χ1v) is 10.0. The van der Waals surface area contributed by atoms with E-state index in [0.717, 1.165) is 35.9 Å². The Morgan fingerprint density at radius 1 is 1.10 bits per heavy atom. The quantitative estimate of drug-likeness (QED) is 0.510. The highest BCUT2D eigenvalue weighted by Crippen LogP contribution is 2.25. The van der Waals surface area contributed by atoms with Gasteiger partial charge in [0.1, 0.15) is 0 Å². The summed E-state index contributed by atoms with van der Waals surface area (Å²) in [6.45, 7) is 4.75. The van der Waals surface area contributed by atoms with E-state index >= 15 is 0 Å². The molecule has 2 aromatic carbocycles. The highest BCUT2D eigenvalue weighted by atomic mass is 35.5. The van der Waals surface area contributed by atoms with E-state index in [1.54, 1.807) is 0 Å². The van der Waals surface area contributed by atoms with Crippen molar-refractivity contribution in [3.63, 3.8) is 0 Å². The summed E-state index contributed by atoms with van der Waals surface area (Å²) >= 11 is 5.96. The van der Waals surface area contributed by atoms with Crippen molar-refractivity contribution in [1.29, 1.82) is 0 Å². The molecule has 0 aliphatic carbocycles. The normalized spacial score (nSPS) is 11.4. The third-order valence-corrected chi connectivity index (χ3v) is 5.46. The molecule has 4 rings (SSSR count). The van der Waals surface area contributed by atoms with Crippen molar-refractivity contribution in [3.05, 3.63) is 78.9 Å². The average molecular weight is 409 g/mol. The van der Waals surface area contributed by atoms with E-state index in [1.165, 1.54) is 11.1 Å². The van der Waals surface area contributed by atoms with Gasteiger partial charge in [0.15, 0.2) is 11.5 Å². The fraction of sp³-hybridized carbons (Fsp3) is 0.273. The summed E-state index contributed by atoms with van der Waals surface area (Å²) in [7, 11) is 0. The Labute approximate surface area is 172 Å². The van der Waals surface area contributed by atoms with Gasteiger partial charge in [-0.25, -0.2) is 9.78 Å². The van der Waals surface area contributed by atoms with Gasteiger partial charge >= 0.3 is 5.69 Å². The number of rotatable bonds is 5. The van der Waals surface area contributed by atoms with Gasteiger partial charge in [-0.15, -0.1) is 0 Å². The number of hydrogen-bond donors (Lipinski definition) is 1. The Kier molecular flexibility index (Phi) is 5.20. The Morgan fingerprint density at radius 2 is 1.86 bits per heavy atom. The summed E-state index contributed by atoms with van der Waals surface area (Å²) in [6, 6.07) is 11.9. The molecule has 2 heterocycles. The van der Waals surface area contributed by atoms with Crippen LogP contribution in [0.25, 0.3) is 22.6 Å². The summed E-state index contributed by atoms with van der Waals surface area (Å²) in [4.78, 5) is 35.0. The van der Waals surface area contributed by atoms with Gasteiger partial charge < -0.3 is 4.57 Å². The van der Waals surface area contributed by atoms with Gasteiger partial charge in [0.05, 0.1) is 11.0 Å². The third-order valence-electron chi connectivity index (χ3n) is 5.21. The second-order valence-corrected chi connectivity index (χ2v) is 7.59. The van der Waals surface area contributed by atoms with Crippen LogP contribution in [0.2, 0.25) is 5.02 Å². The van der Waals surface area contributed by atoms with Crippen molar-refractivity contribution in [1.82, 2.24) is 19.5 Å². The molecule has 2 aromatic rings. The monoisotopic (exact) mass is 408 g/mol. The lowest BCUT2D eigenvalue weighted by Crippen LogP contribution is -2.29. The molecule has 7 heteroatoms. The van der Waals surface area contributed by atoms with Gasteiger partial charge in [-0.2, -0.15) is 4.98 Å². The van der Waals surface area contributed by atoms with Gasteiger partial charge in [-0.3, -0.25) is 9.78 Å². The van der Waals surface area contributed by atoms with Crippen molar-refractivity contribution in [2.75, 3.05) is 0 Å². The highest BCUT2D eigenvalue weighted by Gasteiger charge is 2.19. The Balaban J connectivity index is 1.82. The van der Waals surface area contributed by atoms with E-state index in [1.807, 2.05) is 41.8 Å². The van der Waals surface area contributed by atoms with E-state index in [2.05, 4.69) is 27.9 Å². The van der Waals surface area contributed by atoms with Crippen LogP contribution in [0.3, 0.4) is 0 Å². The average Bonchev–Trinajstić information content (AvgIpc) is 2.69. The van der Waals surface area contributed by atoms with E-state index < -0.39 is 11.2 Å². The molecular formula is C22H21ClN4O2. The molecule has 0 aromatic heterocycles. The summed E-state index contributed by atoms with van der Waals surface area (Å²) in [5, 5.41) is 0.711. The second-order valence-electron chi connectivity index (χ2n) is 7.16. The molecule has 0 saturated carbocycles. The summed E-state index contributed by atoms with van der Waals surface area (Å²) < 4.78 is 1.95. The van der Waals surface area contributed by atoms with Crippen molar-refractivity contribution >= 4 is 22.6 Å². The minimum atomic E-state index is -0.655. The molecule has 0 atom stereocenters. The Morgan fingerprint density at radius 3 is 2.59 bits per heavy atom. The lowest BCUT2D eigenvalue weighted by atomic mass is 10.0. The van der Waals surface area contributed by atoms with E-state index in [9.17, 15) is 9.59 Å². The number of hydrogen-bond acceptors (Lipinski definition) is 4. The van der Waals surface area contributed by atoms with Crippen LogP contribution in [-0.2, 0) is 19.4 Å². The van der Waals surface area contributed by atoms with Crippen LogP contribution in [0.1, 0.15) is 30.0 Å². The number of fused-ring (bicyclic) bond motifs is 2. The minimum absolute atomic E-state index is 0.187. The SMILES string of the molecule is CCc1cc2c(cc1C)nc1c(=O)[nH]c(=O)nc-1n2CCCc1ccc(Cl)cc1. The number of nitrogens with one attached hydrogen (secondary N) is 1. The van der Waals surface area contributed by atoms with Crippen LogP contribution >= 0.6 is 11.6 Å². The van der Waals surface area contributed by atoms with Gasteiger partial charge in [0.25, 0.3) is 5.56 Å². The van der Waals surface area contributed by atoms with E-state index in [-0.39, 0.29) is 5.69 Å². The number of nitrogens with zero attached hydrogens (tertiary/aromatic N) is 3. The zero-order valence-electron chi connectivity index (χ0n) is 16.3. The Bertz CT molecular complexity index is 1280. The zero-order valence-corrected chi connectivity index (χ0v) is 17.1. The van der Waals surface area contributed by atoms with Gasteiger partial charge in [-0.1, -0.05) is 30.7 Å². The lowest BCUT2D eigenvalue weighted by molar-refractivity contribution is 0.648. The largest absolute Gasteiger partial charge is 0.349 e. The first-order chi connectivity index (χ1) is 14.0. The molecule has 0 unspecified atom stereocenters. The fourth-order valence-corrected chi connectivity index (χ4v) is 3.81. The summed E-state index contributed by atoms with van der Waals surface area (Å²) in [6.07, 6.45) is 2.55. The number of aryl methyl sites for hydroxylation is 4. The molecule has 2 aliphatic rings. The van der Waals surface area contributed by atoms with Crippen LogP contribution in [0.15, 0.2) is 46.0 Å². The van der Waals surface area contributed by atoms with Gasteiger partial charge in [0, 0.05) is 11.6 Å². The topological polar surface area (TPSA) is 80.6 Å². The minimum Gasteiger partial charge on any atom is -0.322 e. The van der Waals surface area contributed by atoms with Crippen molar-refractivity contribution in [3.8, 4) is 11.5 Å². The smallest absolute Gasteiger partial charge is 0.322 e. The fourth-order valence-electron chi connectivity index (χ4n) is 3.69. The van der Waals surface area contributed by atoms with Crippen LogP contribution in [0.5, 0.6) is 0 Å². The first-order valence-electron chi connectivity index (χ1n) is 9.65. The number of halogens is 1. The Hall–Kier alpha value is -2.99. The number of aromatic amines is 1. The maximum absolute atomic E-state index is 12.3. The van der Waals surface area contributed by atoms with Crippen LogP contribution in [0, 0.1) is 6.92 Å². The molecular weight excluding hydrogens is 388 g/mol. The predicted octanol–water partition coefficient (Wildman–Crippen LogP) is 3.74. The molecule has 0 spiro atoms. The zero-order chi connectivity index (χ0) is 20.5. The van der Waals surface area contributed by atoms with Crippen molar-refractivity contribution in [2.24, 2.45) is 0 Å². The first kappa shape index (κ1) is 19.3. The van der Waals surface area contributed by atoms with Crippen molar-refractivity contribution < 1.29 is 0 Å². The molecule has 0 saturated heterocycles. The number of benzene rings is 2.